The van der Waals surface area contributed by atoms with Crippen LogP contribution in [0.25, 0.3) is 0 Å². The van der Waals surface area contributed by atoms with Crippen LogP contribution in [0, 0.1) is 0 Å². The second kappa shape index (κ2) is 2.60. The minimum Gasteiger partial charge on any atom is -0.332 e. The molecule has 0 aromatic heterocycles. The summed E-state index contributed by atoms with van der Waals surface area (Å²) >= 11 is 0. The van der Waals surface area contributed by atoms with Gasteiger partial charge in [0.05, 0.1) is 23.1 Å². The SMILES string of the molecule is CC[C@H]1[C@H]2NC(=O)N[C@H]2CS1(=O)=O. The monoisotopic (exact) mass is 204 g/mol. The van der Waals surface area contributed by atoms with Crippen molar-refractivity contribution >= 4 is 15.9 Å². The molecule has 3 atom stereocenters. The predicted molar refractivity (Wildman–Crippen MR) is 47.1 cm³/mol. The summed E-state index contributed by atoms with van der Waals surface area (Å²) in [5.41, 5.74) is 0. The number of rotatable bonds is 1. The van der Waals surface area contributed by atoms with Gasteiger partial charge in [-0.05, 0) is 6.42 Å². The number of hydrogen-bond acceptors (Lipinski definition) is 3. The average Bonchev–Trinajstić information content (AvgIpc) is 2.39. The molecule has 0 unspecified atom stereocenters. The second-order valence-corrected chi connectivity index (χ2v) is 5.79. The molecule has 74 valence electrons. The zero-order valence-corrected chi connectivity index (χ0v) is 8.10. The molecule has 0 aromatic rings. The largest absolute Gasteiger partial charge is 0.332 e. The van der Waals surface area contributed by atoms with Crippen molar-refractivity contribution in [2.24, 2.45) is 0 Å². The maximum atomic E-state index is 11.5. The highest BCUT2D eigenvalue weighted by molar-refractivity contribution is 7.92. The van der Waals surface area contributed by atoms with Gasteiger partial charge in [0.2, 0.25) is 0 Å². The summed E-state index contributed by atoms with van der Waals surface area (Å²) in [5, 5.41) is 4.84. The Morgan fingerprint density at radius 2 is 2.15 bits per heavy atom. The first-order chi connectivity index (χ1) is 6.04. The Morgan fingerprint density at radius 1 is 1.46 bits per heavy atom. The molecule has 0 spiro atoms. The Balaban J connectivity index is 2.29. The summed E-state index contributed by atoms with van der Waals surface area (Å²) in [6.07, 6.45) is 0.561. The fourth-order valence-electron chi connectivity index (χ4n) is 2.15. The molecule has 0 aromatic carbocycles. The molecular formula is C7H12N2O3S. The van der Waals surface area contributed by atoms with Gasteiger partial charge in [0.15, 0.2) is 9.84 Å². The van der Waals surface area contributed by atoms with E-state index in [1.165, 1.54) is 0 Å². The molecule has 2 amide bonds. The van der Waals surface area contributed by atoms with E-state index in [2.05, 4.69) is 10.6 Å². The lowest BCUT2D eigenvalue weighted by Gasteiger charge is -2.13. The van der Waals surface area contributed by atoms with E-state index in [1.54, 1.807) is 0 Å². The molecular weight excluding hydrogens is 192 g/mol. The summed E-state index contributed by atoms with van der Waals surface area (Å²) < 4.78 is 23.0. The first kappa shape index (κ1) is 8.80. The lowest BCUT2D eigenvalue weighted by molar-refractivity contribution is 0.247. The maximum absolute atomic E-state index is 11.5. The molecule has 0 bridgehead atoms. The van der Waals surface area contributed by atoms with Crippen molar-refractivity contribution in [1.82, 2.24) is 10.6 Å². The maximum Gasteiger partial charge on any atom is 0.315 e. The highest BCUT2D eigenvalue weighted by Crippen LogP contribution is 2.26. The Hall–Kier alpha value is -0.780. The highest BCUT2D eigenvalue weighted by Gasteiger charge is 2.50. The third kappa shape index (κ3) is 1.20. The van der Waals surface area contributed by atoms with Crippen molar-refractivity contribution in [3.8, 4) is 0 Å². The van der Waals surface area contributed by atoms with Gasteiger partial charge in [0.1, 0.15) is 0 Å². The molecule has 2 aliphatic heterocycles. The second-order valence-electron chi connectivity index (χ2n) is 3.53. The van der Waals surface area contributed by atoms with E-state index in [9.17, 15) is 13.2 Å². The van der Waals surface area contributed by atoms with Crippen molar-refractivity contribution in [3.63, 3.8) is 0 Å². The van der Waals surface area contributed by atoms with E-state index in [0.717, 1.165) is 0 Å². The third-order valence-electron chi connectivity index (χ3n) is 2.72. The number of amides is 2. The first-order valence-corrected chi connectivity index (χ1v) is 6.04. The van der Waals surface area contributed by atoms with Crippen LogP contribution in [-0.2, 0) is 9.84 Å². The number of carbonyl (C=O) groups excluding carboxylic acids is 1. The predicted octanol–water partition coefficient (Wildman–Crippen LogP) is -0.757. The van der Waals surface area contributed by atoms with Gasteiger partial charge in [-0.25, -0.2) is 13.2 Å². The van der Waals surface area contributed by atoms with Gasteiger partial charge in [0, 0.05) is 0 Å². The standard InChI is InChI=1S/C7H12N2O3S/c1-2-5-6-4(3-13(5,11)12)8-7(10)9-6/h4-6H,2-3H2,1H3,(H2,8,9,10)/t4-,5-,6-/m0/s1. The van der Waals surface area contributed by atoms with E-state index in [4.69, 9.17) is 0 Å². The first-order valence-electron chi connectivity index (χ1n) is 4.33. The molecule has 2 aliphatic rings. The molecule has 2 saturated heterocycles. The molecule has 13 heavy (non-hydrogen) atoms. The molecule has 2 heterocycles. The molecule has 2 fully saturated rings. The number of sulfone groups is 1. The summed E-state index contributed by atoms with van der Waals surface area (Å²) in [6.45, 7) is 1.83. The van der Waals surface area contributed by atoms with Crippen molar-refractivity contribution < 1.29 is 13.2 Å². The topological polar surface area (TPSA) is 75.3 Å². The zero-order chi connectivity index (χ0) is 9.64. The summed E-state index contributed by atoms with van der Waals surface area (Å²) in [4.78, 5) is 10.9. The van der Waals surface area contributed by atoms with Gasteiger partial charge in [-0.3, -0.25) is 0 Å². The number of carbonyl (C=O) groups is 1. The lowest BCUT2D eigenvalue weighted by Crippen LogP contribution is -2.38. The van der Waals surface area contributed by atoms with E-state index in [-0.39, 0.29) is 23.9 Å². The van der Waals surface area contributed by atoms with Gasteiger partial charge < -0.3 is 10.6 Å². The number of hydrogen-bond donors (Lipinski definition) is 2. The molecule has 6 heteroatoms. The Morgan fingerprint density at radius 3 is 2.77 bits per heavy atom. The van der Waals surface area contributed by atoms with Crippen LogP contribution < -0.4 is 10.6 Å². The lowest BCUT2D eigenvalue weighted by atomic mass is 10.1. The number of urea groups is 1. The van der Waals surface area contributed by atoms with Crippen LogP contribution in [-0.4, -0.2) is 37.5 Å². The average molecular weight is 204 g/mol. The van der Waals surface area contributed by atoms with E-state index < -0.39 is 15.1 Å². The summed E-state index contributed by atoms with van der Waals surface area (Å²) in [7, 11) is -3.00. The molecule has 0 radical (unpaired) electrons. The Bertz CT molecular complexity index is 338. The Kier molecular flexibility index (Phi) is 1.76. The fourth-order valence-corrected chi connectivity index (χ4v) is 4.41. The van der Waals surface area contributed by atoms with Crippen LogP contribution in [0.1, 0.15) is 13.3 Å². The van der Waals surface area contributed by atoms with Crippen LogP contribution in [0.2, 0.25) is 0 Å². The number of fused-ring (bicyclic) bond motifs is 1. The number of nitrogens with one attached hydrogen (secondary N) is 2. The molecule has 2 rings (SSSR count). The van der Waals surface area contributed by atoms with Crippen molar-refractivity contribution in [2.45, 2.75) is 30.7 Å². The third-order valence-corrected chi connectivity index (χ3v) is 5.10. The van der Waals surface area contributed by atoms with E-state index in [1.807, 2.05) is 6.92 Å². The molecule has 5 nitrogen and oxygen atoms in total. The zero-order valence-electron chi connectivity index (χ0n) is 7.28. The minimum atomic E-state index is -3.00. The summed E-state index contributed by atoms with van der Waals surface area (Å²) in [6, 6.07) is -0.687. The van der Waals surface area contributed by atoms with E-state index in [0.29, 0.717) is 6.42 Å². The van der Waals surface area contributed by atoms with Crippen LogP contribution in [0.4, 0.5) is 4.79 Å². The van der Waals surface area contributed by atoms with Gasteiger partial charge >= 0.3 is 6.03 Å². The van der Waals surface area contributed by atoms with Gasteiger partial charge in [-0.15, -0.1) is 0 Å². The molecule has 0 aliphatic carbocycles. The van der Waals surface area contributed by atoms with Gasteiger partial charge in [-0.1, -0.05) is 6.92 Å². The van der Waals surface area contributed by atoms with E-state index >= 15 is 0 Å². The quantitative estimate of drug-likeness (QED) is 0.551. The van der Waals surface area contributed by atoms with Crippen molar-refractivity contribution in [1.29, 1.82) is 0 Å². The van der Waals surface area contributed by atoms with Gasteiger partial charge in [0.25, 0.3) is 0 Å². The summed E-state index contributed by atoms with van der Waals surface area (Å²) in [5.74, 6) is 0.0783. The smallest absolute Gasteiger partial charge is 0.315 e. The van der Waals surface area contributed by atoms with Gasteiger partial charge in [-0.2, -0.15) is 0 Å². The highest BCUT2D eigenvalue weighted by atomic mass is 32.2. The van der Waals surface area contributed by atoms with Crippen LogP contribution >= 0.6 is 0 Å². The fraction of sp³-hybridized carbons (Fsp3) is 0.857. The van der Waals surface area contributed by atoms with Crippen LogP contribution in [0.3, 0.4) is 0 Å². The Labute approximate surface area is 76.8 Å². The van der Waals surface area contributed by atoms with Crippen molar-refractivity contribution in [3.05, 3.63) is 0 Å². The van der Waals surface area contributed by atoms with Crippen molar-refractivity contribution in [2.75, 3.05) is 5.75 Å². The van der Waals surface area contributed by atoms with Crippen LogP contribution in [0.15, 0.2) is 0 Å². The normalized spacial score (nSPS) is 41.0. The minimum absolute atomic E-state index is 0.0783. The molecule has 0 saturated carbocycles. The van der Waals surface area contributed by atoms with Crippen LogP contribution in [0.5, 0.6) is 0 Å². The molecule has 2 N–H and O–H groups in total.